The van der Waals surface area contributed by atoms with Gasteiger partial charge in [0.15, 0.2) is 0 Å². The normalized spacial score (nSPS) is 13.5. The van der Waals surface area contributed by atoms with Crippen molar-refractivity contribution in [2.75, 3.05) is 6.61 Å². The molecular formula is C51H93NO3. The molecule has 3 N–H and O–H groups in total. The summed E-state index contributed by atoms with van der Waals surface area (Å²) in [5, 5.41) is 23.0. The first kappa shape index (κ1) is 53.1. The number of hydrogen-bond acceptors (Lipinski definition) is 3. The van der Waals surface area contributed by atoms with Gasteiger partial charge in [-0.15, -0.1) is 0 Å². The van der Waals surface area contributed by atoms with Crippen LogP contribution >= 0.6 is 0 Å². The monoisotopic (exact) mass is 768 g/mol. The van der Waals surface area contributed by atoms with Crippen molar-refractivity contribution in [1.82, 2.24) is 5.32 Å². The van der Waals surface area contributed by atoms with E-state index in [2.05, 4.69) is 67.8 Å². The molecule has 0 bridgehead atoms. The van der Waals surface area contributed by atoms with Gasteiger partial charge in [0.25, 0.3) is 0 Å². The lowest BCUT2D eigenvalue weighted by Crippen LogP contribution is -2.45. The Labute approximate surface area is 343 Å². The van der Waals surface area contributed by atoms with Crippen molar-refractivity contribution < 1.29 is 15.0 Å². The van der Waals surface area contributed by atoms with Crippen LogP contribution in [0.1, 0.15) is 239 Å². The molecule has 0 fully saturated rings. The number of carbonyl (C=O) groups excluding carboxylic acids is 1. The molecular weight excluding hydrogens is 675 g/mol. The van der Waals surface area contributed by atoms with Crippen LogP contribution in [0.25, 0.3) is 0 Å². The average Bonchev–Trinajstić information content (AvgIpc) is 3.19. The van der Waals surface area contributed by atoms with Gasteiger partial charge in [0.2, 0.25) is 5.91 Å². The number of aliphatic hydroxyl groups is 2. The van der Waals surface area contributed by atoms with Gasteiger partial charge in [-0.3, -0.25) is 4.79 Å². The lowest BCUT2D eigenvalue weighted by atomic mass is 10.0. The van der Waals surface area contributed by atoms with Crippen molar-refractivity contribution in [3.63, 3.8) is 0 Å². The van der Waals surface area contributed by atoms with Crippen LogP contribution in [0.3, 0.4) is 0 Å². The molecule has 0 aromatic rings. The second-order valence-electron chi connectivity index (χ2n) is 16.2. The number of unbranched alkanes of at least 4 members (excludes halogenated alkanes) is 28. The molecule has 2 unspecified atom stereocenters. The van der Waals surface area contributed by atoms with Crippen LogP contribution in [0.4, 0.5) is 0 Å². The minimum absolute atomic E-state index is 0.0865. The summed E-state index contributed by atoms with van der Waals surface area (Å²) >= 11 is 0. The smallest absolute Gasteiger partial charge is 0.220 e. The maximum Gasteiger partial charge on any atom is 0.220 e. The van der Waals surface area contributed by atoms with Gasteiger partial charge >= 0.3 is 0 Å². The Morgan fingerprint density at radius 1 is 0.436 bits per heavy atom. The quantitative estimate of drug-likeness (QED) is 0.0427. The Morgan fingerprint density at radius 3 is 1.18 bits per heavy atom. The summed E-state index contributed by atoms with van der Waals surface area (Å²) in [6, 6.07) is -0.649. The molecule has 0 heterocycles. The topological polar surface area (TPSA) is 69.6 Å². The summed E-state index contributed by atoms with van der Waals surface area (Å²) in [4.78, 5) is 12.4. The Hall–Kier alpha value is -1.91. The fourth-order valence-corrected chi connectivity index (χ4v) is 7.02. The standard InChI is InChI=1S/C51H93NO3/c1-3-5-7-9-11-13-15-17-19-21-23-25-27-28-30-32-34-36-38-40-42-44-46-50(54)49(48-53)52-51(55)47-45-43-41-39-37-35-33-31-29-26-24-22-20-18-16-14-12-10-8-6-4-2/h16,18,22,24,29,31,36,38,44,46,49-50,53-54H,3-15,17,19-21,23,25-28,30,32-35,37,39-43,45,47-48H2,1-2H3,(H,52,55)/b18-16-,24-22-,31-29-,38-36+,46-44+. The molecule has 2 atom stereocenters. The summed E-state index contributed by atoms with van der Waals surface area (Å²) in [6.07, 6.45) is 64.8. The van der Waals surface area contributed by atoms with E-state index in [0.29, 0.717) is 6.42 Å². The Balaban J connectivity index is 3.63. The van der Waals surface area contributed by atoms with Crippen molar-refractivity contribution in [3.8, 4) is 0 Å². The van der Waals surface area contributed by atoms with E-state index < -0.39 is 12.1 Å². The molecule has 0 aromatic carbocycles. The molecule has 0 saturated carbocycles. The van der Waals surface area contributed by atoms with Gasteiger partial charge in [0, 0.05) is 6.42 Å². The number of carbonyl (C=O) groups is 1. The summed E-state index contributed by atoms with van der Waals surface area (Å²) in [5.74, 6) is -0.0865. The SMILES string of the molecule is CCCCCCC/C=C\C/C=C\C/C=C\CCCCCCCCC(=O)NC(CO)C(O)/C=C/CC/C=C/CCCCCCCCCCCCCCCCCC. The zero-order valence-corrected chi connectivity index (χ0v) is 36.7. The summed E-state index contributed by atoms with van der Waals surface area (Å²) in [5.41, 5.74) is 0. The molecule has 0 radical (unpaired) electrons. The van der Waals surface area contributed by atoms with Crippen molar-refractivity contribution in [2.24, 2.45) is 0 Å². The van der Waals surface area contributed by atoms with E-state index in [1.165, 1.54) is 161 Å². The molecule has 320 valence electrons. The largest absolute Gasteiger partial charge is 0.394 e. The van der Waals surface area contributed by atoms with Crippen LogP contribution in [0.5, 0.6) is 0 Å². The van der Waals surface area contributed by atoms with E-state index >= 15 is 0 Å². The molecule has 4 heteroatoms. The highest BCUT2D eigenvalue weighted by atomic mass is 16.3. The summed E-state index contributed by atoms with van der Waals surface area (Å²) in [7, 11) is 0. The number of nitrogens with one attached hydrogen (secondary N) is 1. The highest BCUT2D eigenvalue weighted by molar-refractivity contribution is 5.76. The Kier molecular flexibility index (Phi) is 44.9. The van der Waals surface area contributed by atoms with Gasteiger partial charge in [-0.2, -0.15) is 0 Å². The van der Waals surface area contributed by atoms with Crippen LogP contribution in [0.15, 0.2) is 60.8 Å². The van der Waals surface area contributed by atoms with Gasteiger partial charge in [-0.05, 0) is 70.6 Å². The fraction of sp³-hybridized carbons (Fsp3) is 0.784. The zero-order chi connectivity index (χ0) is 40.0. The molecule has 0 rings (SSSR count). The molecule has 4 nitrogen and oxygen atoms in total. The summed E-state index contributed by atoms with van der Waals surface area (Å²) in [6.45, 7) is 4.29. The Morgan fingerprint density at radius 2 is 0.764 bits per heavy atom. The van der Waals surface area contributed by atoms with Gasteiger partial charge in [-0.1, -0.05) is 222 Å². The third-order valence-corrected chi connectivity index (χ3v) is 10.7. The summed E-state index contributed by atoms with van der Waals surface area (Å²) < 4.78 is 0. The van der Waals surface area contributed by atoms with Crippen molar-refractivity contribution in [2.45, 2.75) is 251 Å². The van der Waals surface area contributed by atoms with E-state index in [4.69, 9.17) is 0 Å². The van der Waals surface area contributed by atoms with Crippen LogP contribution < -0.4 is 5.32 Å². The van der Waals surface area contributed by atoms with E-state index in [1.54, 1.807) is 6.08 Å². The number of hydrogen-bond donors (Lipinski definition) is 3. The molecule has 0 aliphatic carbocycles. The zero-order valence-electron chi connectivity index (χ0n) is 36.7. The van der Waals surface area contributed by atoms with Gasteiger partial charge in [0.05, 0.1) is 18.8 Å². The lowest BCUT2D eigenvalue weighted by molar-refractivity contribution is -0.123. The second-order valence-corrected chi connectivity index (χ2v) is 16.2. The number of aliphatic hydroxyl groups excluding tert-OH is 2. The average molecular weight is 768 g/mol. The number of allylic oxidation sites excluding steroid dienone is 9. The third-order valence-electron chi connectivity index (χ3n) is 10.7. The highest BCUT2D eigenvalue weighted by Gasteiger charge is 2.17. The number of rotatable bonds is 43. The van der Waals surface area contributed by atoms with Gasteiger partial charge in [-0.25, -0.2) is 0 Å². The molecule has 0 aromatic heterocycles. The van der Waals surface area contributed by atoms with Gasteiger partial charge in [0.1, 0.15) is 0 Å². The van der Waals surface area contributed by atoms with Crippen LogP contribution in [0.2, 0.25) is 0 Å². The maximum atomic E-state index is 12.4. The first-order valence-electron chi connectivity index (χ1n) is 24.0. The second kappa shape index (κ2) is 46.5. The lowest BCUT2D eigenvalue weighted by Gasteiger charge is -2.19. The first-order chi connectivity index (χ1) is 27.2. The predicted octanol–water partition coefficient (Wildman–Crippen LogP) is 15.3. The van der Waals surface area contributed by atoms with E-state index in [0.717, 1.165) is 57.8 Å². The maximum absolute atomic E-state index is 12.4. The Bertz CT molecular complexity index is 919. The van der Waals surface area contributed by atoms with Crippen LogP contribution in [-0.4, -0.2) is 34.9 Å². The first-order valence-corrected chi connectivity index (χ1v) is 24.0. The van der Waals surface area contributed by atoms with Crippen molar-refractivity contribution in [3.05, 3.63) is 60.8 Å². The van der Waals surface area contributed by atoms with Crippen molar-refractivity contribution >= 4 is 5.91 Å². The van der Waals surface area contributed by atoms with E-state index in [-0.39, 0.29) is 12.5 Å². The van der Waals surface area contributed by atoms with E-state index in [1.807, 2.05) is 6.08 Å². The highest BCUT2D eigenvalue weighted by Crippen LogP contribution is 2.15. The molecule has 1 amide bonds. The van der Waals surface area contributed by atoms with Crippen molar-refractivity contribution in [1.29, 1.82) is 0 Å². The molecule has 0 aliphatic heterocycles. The molecule has 55 heavy (non-hydrogen) atoms. The molecule has 0 aliphatic rings. The van der Waals surface area contributed by atoms with Gasteiger partial charge < -0.3 is 15.5 Å². The molecule has 0 spiro atoms. The third kappa shape index (κ3) is 43.1. The number of amides is 1. The molecule has 0 saturated heterocycles. The van der Waals surface area contributed by atoms with Crippen LogP contribution in [-0.2, 0) is 4.79 Å². The minimum Gasteiger partial charge on any atom is -0.394 e. The van der Waals surface area contributed by atoms with E-state index in [9.17, 15) is 15.0 Å². The minimum atomic E-state index is -0.870. The van der Waals surface area contributed by atoms with Crippen LogP contribution in [0, 0.1) is 0 Å². The predicted molar refractivity (Wildman–Crippen MR) is 244 cm³/mol. The fourth-order valence-electron chi connectivity index (χ4n) is 7.02.